The maximum atomic E-state index is 12.3. The number of thioether (sulfide) groups is 1. The Bertz CT molecular complexity index is 708. The molecule has 2 aliphatic rings. The maximum Gasteiger partial charge on any atom is 0.330 e. The van der Waals surface area contributed by atoms with Crippen molar-refractivity contribution in [1.82, 2.24) is 10.2 Å². The summed E-state index contributed by atoms with van der Waals surface area (Å²) >= 11 is 1.35. The molecule has 2 heterocycles. The Labute approximate surface area is 142 Å². The van der Waals surface area contributed by atoms with E-state index < -0.39 is 41.3 Å². The van der Waals surface area contributed by atoms with Crippen LogP contribution in [0, 0.1) is 0 Å². The van der Waals surface area contributed by atoms with Crippen LogP contribution in [0.15, 0.2) is 42.5 Å². The summed E-state index contributed by atoms with van der Waals surface area (Å²) in [6.45, 7) is 3.70. The van der Waals surface area contributed by atoms with E-state index in [1.807, 2.05) is 0 Å². The zero-order chi connectivity index (χ0) is 17.4. The Morgan fingerprint density at radius 1 is 1.33 bits per heavy atom. The Kier molecular flexibility index (Phi) is 4.33. The molecule has 0 aliphatic carbocycles. The van der Waals surface area contributed by atoms with Gasteiger partial charge in [-0.2, -0.15) is 0 Å². The third-order valence-corrected chi connectivity index (χ3v) is 5.46. The monoisotopic (exact) mass is 348 g/mol. The molecular formula is C16H16N2O5S. The second-order valence-corrected chi connectivity index (χ2v) is 6.75. The Morgan fingerprint density at radius 3 is 2.62 bits per heavy atom. The van der Waals surface area contributed by atoms with Crippen molar-refractivity contribution in [3.63, 3.8) is 0 Å². The summed E-state index contributed by atoms with van der Waals surface area (Å²) in [4.78, 5) is 37.0. The first-order valence-corrected chi connectivity index (χ1v) is 8.34. The molecule has 3 N–H and O–H groups in total. The number of amides is 2. The van der Waals surface area contributed by atoms with Gasteiger partial charge in [0.15, 0.2) is 12.1 Å². The Morgan fingerprint density at radius 2 is 2.00 bits per heavy atom. The summed E-state index contributed by atoms with van der Waals surface area (Å²) in [7, 11) is 0. The van der Waals surface area contributed by atoms with Gasteiger partial charge in [-0.1, -0.05) is 36.9 Å². The number of aliphatic hydroxyl groups excluding tert-OH is 1. The molecule has 2 aliphatic heterocycles. The Balaban J connectivity index is 1.69. The molecule has 3 rings (SSSR count). The molecule has 2 amide bonds. The summed E-state index contributed by atoms with van der Waals surface area (Å²) in [5.41, 5.74) is 0.873. The summed E-state index contributed by atoms with van der Waals surface area (Å²) in [5.74, 6) is -1.89. The number of carbonyl (C=O) groups excluding carboxylic acids is 2. The van der Waals surface area contributed by atoms with Crippen LogP contribution in [0.25, 0.3) is 0 Å². The average Bonchev–Trinajstić information content (AvgIpc) is 2.59. The topological polar surface area (TPSA) is 107 Å². The fraction of sp³-hybridized carbons (Fsp3) is 0.312. The van der Waals surface area contributed by atoms with Gasteiger partial charge < -0.3 is 20.4 Å². The van der Waals surface area contributed by atoms with Crippen molar-refractivity contribution in [1.29, 1.82) is 0 Å². The molecule has 126 valence electrons. The van der Waals surface area contributed by atoms with E-state index in [-0.39, 0.29) is 0 Å². The summed E-state index contributed by atoms with van der Waals surface area (Å²) < 4.78 is 0. The largest absolute Gasteiger partial charge is 0.479 e. The number of aliphatic carboxylic acids is 1. The number of carboxylic acids is 1. The SMILES string of the molecule is C=C1CS[C@H]2C(NC(=O)C(O)c3ccccc3)C(=O)N2C1C(=O)O. The van der Waals surface area contributed by atoms with Crippen molar-refractivity contribution in [3.8, 4) is 0 Å². The molecule has 1 aromatic rings. The smallest absolute Gasteiger partial charge is 0.330 e. The molecule has 1 aromatic carbocycles. The number of nitrogens with zero attached hydrogens (tertiary/aromatic N) is 1. The van der Waals surface area contributed by atoms with Crippen LogP contribution in [0.2, 0.25) is 0 Å². The van der Waals surface area contributed by atoms with Gasteiger partial charge in [0.05, 0.1) is 0 Å². The van der Waals surface area contributed by atoms with Crippen molar-refractivity contribution in [2.45, 2.75) is 23.6 Å². The molecular weight excluding hydrogens is 332 g/mol. The quantitative estimate of drug-likeness (QED) is 0.527. The van der Waals surface area contributed by atoms with Crippen LogP contribution in [-0.2, 0) is 14.4 Å². The van der Waals surface area contributed by atoms with E-state index in [9.17, 15) is 24.6 Å². The second-order valence-electron chi connectivity index (χ2n) is 5.65. The van der Waals surface area contributed by atoms with Gasteiger partial charge in [-0.25, -0.2) is 4.79 Å². The zero-order valence-electron chi connectivity index (χ0n) is 12.6. The van der Waals surface area contributed by atoms with Crippen LogP contribution in [0.4, 0.5) is 0 Å². The Hall–Kier alpha value is -2.32. The average molecular weight is 348 g/mol. The molecule has 4 atom stereocenters. The van der Waals surface area contributed by atoms with Crippen LogP contribution >= 0.6 is 11.8 Å². The maximum absolute atomic E-state index is 12.3. The molecule has 0 spiro atoms. The first kappa shape index (κ1) is 16.5. The molecule has 2 fully saturated rings. The molecule has 0 aromatic heterocycles. The van der Waals surface area contributed by atoms with Crippen LogP contribution < -0.4 is 5.32 Å². The van der Waals surface area contributed by atoms with Crippen molar-refractivity contribution >= 4 is 29.5 Å². The van der Waals surface area contributed by atoms with E-state index >= 15 is 0 Å². The van der Waals surface area contributed by atoms with Gasteiger partial charge in [-0.05, 0) is 11.1 Å². The molecule has 0 bridgehead atoms. The number of nitrogens with one attached hydrogen (secondary N) is 1. The van der Waals surface area contributed by atoms with Gasteiger partial charge in [0.1, 0.15) is 11.4 Å². The third-order valence-electron chi connectivity index (χ3n) is 4.08. The highest BCUT2D eigenvalue weighted by molar-refractivity contribution is 8.00. The van der Waals surface area contributed by atoms with Gasteiger partial charge in [-0.3, -0.25) is 9.59 Å². The molecule has 7 nitrogen and oxygen atoms in total. The molecule has 0 radical (unpaired) electrons. The van der Waals surface area contributed by atoms with E-state index in [2.05, 4.69) is 11.9 Å². The predicted molar refractivity (Wildman–Crippen MR) is 87.0 cm³/mol. The fourth-order valence-corrected chi connectivity index (χ4v) is 4.16. The molecule has 8 heteroatoms. The number of benzene rings is 1. The number of hydrogen-bond acceptors (Lipinski definition) is 5. The van der Waals surface area contributed by atoms with E-state index in [0.717, 1.165) is 0 Å². The van der Waals surface area contributed by atoms with Gasteiger partial charge in [0.25, 0.3) is 5.91 Å². The molecule has 24 heavy (non-hydrogen) atoms. The lowest BCUT2D eigenvalue weighted by Gasteiger charge is -2.52. The number of β-lactam (4-membered cyclic amide) rings is 1. The van der Waals surface area contributed by atoms with Gasteiger partial charge >= 0.3 is 5.97 Å². The van der Waals surface area contributed by atoms with Crippen LogP contribution in [-0.4, -0.2) is 56.1 Å². The number of aliphatic hydroxyl groups is 1. The van der Waals surface area contributed by atoms with E-state index in [1.54, 1.807) is 30.3 Å². The fourth-order valence-electron chi connectivity index (χ4n) is 2.85. The highest BCUT2D eigenvalue weighted by Crippen LogP contribution is 2.40. The van der Waals surface area contributed by atoms with Crippen LogP contribution in [0.3, 0.4) is 0 Å². The highest BCUT2D eigenvalue weighted by Gasteiger charge is 2.56. The van der Waals surface area contributed by atoms with Crippen molar-refractivity contribution in [3.05, 3.63) is 48.0 Å². The van der Waals surface area contributed by atoms with Crippen LogP contribution in [0.1, 0.15) is 11.7 Å². The highest BCUT2D eigenvalue weighted by atomic mass is 32.2. The first-order chi connectivity index (χ1) is 11.4. The minimum atomic E-state index is -1.38. The minimum Gasteiger partial charge on any atom is -0.479 e. The summed E-state index contributed by atoms with van der Waals surface area (Å²) in [6, 6.07) is 6.48. The number of carboxylic acid groups (broad SMARTS) is 1. The van der Waals surface area contributed by atoms with Gasteiger partial charge in [0, 0.05) is 5.75 Å². The number of fused-ring (bicyclic) bond motifs is 1. The molecule has 3 unspecified atom stereocenters. The normalized spacial score (nSPS) is 27.0. The van der Waals surface area contributed by atoms with Crippen molar-refractivity contribution in [2.24, 2.45) is 0 Å². The standard InChI is InChI=1S/C16H16N2O5S/c1-8-7-24-15-10(14(21)18(15)11(8)16(22)23)17-13(20)12(19)9-5-3-2-4-6-9/h2-6,10-12,15,19H,1,7H2,(H,17,20)(H,22,23)/t10?,11?,12?,15-/m0/s1. The van der Waals surface area contributed by atoms with Crippen molar-refractivity contribution in [2.75, 3.05) is 5.75 Å². The number of hydrogen-bond donors (Lipinski definition) is 3. The zero-order valence-corrected chi connectivity index (χ0v) is 13.4. The number of rotatable bonds is 4. The number of carbonyl (C=O) groups is 3. The molecule has 2 saturated heterocycles. The first-order valence-electron chi connectivity index (χ1n) is 7.29. The van der Waals surface area contributed by atoms with E-state index in [1.165, 1.54) is 16.7 Å². The summed E-state index contributed by atoms with van der Waals surface area (Å²) in [6.07, 6.45) is -1.38. The predicted octanol–water partition coefficient (Wildman–Crippen LogP) is 0.129. The van der Waals surface area contributed by atoms with E-state index in [4.69, 9.17) is 0 Å². The van der Waals surface area contributed by atoms with Gasteiger partial charge in [0.2, 0.25) is 5.91 Å². The lowest BCUT2D eigenvalue weighted by molar-refractivity contribution is -0.160. The van der Waals surface area contributed by atoms with E-state index in [0.29, 0.717) is 16.9 Å². The molecule has 0 saturated carbocycles. The van der Waals surface area contributed by atoms with Crippen LogP contribution in [0.5, 0.6) is 0 Å². The van der Waals surface area contributed by atoms with Crippen molar-refractivity contribution < 1.29 is 24.6 Å². The van der Waals surface area contributed by atoms with Gasteiger partial charge in [-0.15, -0.1) is 11.8 Å². The lowest BCUT2D eigenvalue weighted by Crippen LogP contribution is -2.74. The second kappa shape index (κ2) is 6.29. The third kappa shape index (κ3) is 2.67. The minimum absolute atomic E-state index is 0.402. The lowest BCUT2D eigenvalue weighted by atomic mass is 9.98. The summed E-state index contributed by atoms with van der Waals surface area (Å²) in [5, 5.41) is 21.4.